The Morgan fingerprint density at radius 3 is 1.91 bits per heavy atom. The lowest BCUT2D eigenvalue weighted by Gasteiger charge is -2.20. The summed E-state index contributed by atoms with van der Waals surface area (Å²) in [4.78, 5) is 18.5. The third-order valence-corrected chi connectivity index (χ3v) is 6.37. The molecule has 0 saturated heterocycles. The molecule has 162 valence electrons. The van der Waals surface area contributed by atoms with Crippen molar-refractivity contribution in [3.05, 3.63) is 112 Å². The third-order valence-electron chi connectivity index (χ3n) is 6.37. The highest BCUT2D eigenvalue weighted by molar-refractivity contribution is 6.09. The van der Waals surface area contributed by atoms with Gasteiger partial charge in [0.2, 0.25) is 0 Å². The van der Waals surface area contributed by atoms with E-state index < -0.39 is 0 Å². The van der Waals surface area contributed by atoms with Gasteiger partial charge in [0, 0.05) is 29.8 Å². The Bertz CT molecular complexity index is 1540. The lowest BCUT2D eigenvalue weighted by atomic mass is 9.88. The maximum atomic E-state index is 13.8. The van der Waals surface area contributed by atoms with Crippen LogP contribution in [0.4, 0.5) is 0 Å². The fourth-order valence-corrected chi connectivity index (χ4v) is 4.55. The second-order valence-electron chi connectivity index (χ2n) is 8.71. The molecule has 0 spiro atoms. The van der Waals surface area contributed by atoms with E-state index in [4.69, 9.17) is 4.98 Å². The van der Waals surface area contributed by atoms with Crippen molar-refractivity contribution in [2.75, 3.05) is 0 Å². The number of hydrogen-bond acceptors (Lipinski definition) is 2. The van der Waals surface area contributed by atoms with Crippen molar-refractivity contribution in [3.63, 3.8) is 0 Å². The molecular formula is C30H26N2O. The van der Waals surface area contributed by atoms with Crippen molar-refractivity contribution >= 4 is 10.9 Å². The molecule has 3 heteroatoms. The van der Waals surface area contributed by atoms with E-state index in [9.17, 15) is 4.79 Å². The second-order valence-corrected chi connectivity index (χ2v) is 8.71. The van der Waals surface area contributed by atoms with Gasteiger partial charge in [0.1, 0.15) is 0 Å². The molecule has 0 aliphatic rings. The average Bonchev–Trinajstić information content (AvgIpc) is 2.83. The molecule has 5 rings (SSSR count). The summed E-state index contributed by atoms with van der Waals surface area (Å²) in [5.74, 6) is 0. The van der Waals surface area contributed by atoms with Crippen LogP contribution in [0.5, 0.6) is 0 Å². The Hall–Kier alpha value is -3.98. The highest BCUT2D eigenvalue weighted by Gasteiger charge is 2.22. The number of benzene rings is 3. The number of pyridine rings is 2. The van der Waals surface area contributed by atoms with Gasteiger partial charge in [-0.1, -0.05) is 77.9 Å². The summed E-state index contributed by atoms with van der Waals surface area (Å²) in [6.45, 7) is 6.22. The van der Waals surface area contributed by atoms with Crippen LogP contribution in [0.25, 0.3) is 44.4 Å². The summed E-state index contributed by atoms with van der Waals surface area (Å²) in [6, 6.07) is 26.8. The summed E-state index contributed by atoms with van der Waals surface area (Å²) in [5, 5.41) is 1.04. The normalized spacial score (nSPS) is 11.2. The van der Waals surface area contributed by atoms with Crippen LogP contribution >= 0.6 is 0 Å². The fourth-order valence-electron chi connectivity index (χ4n) is 4.55. The van der Waals surface area contributed by atoms with Crippen molar-refractivity contribution in [2.45, 2.75) is 20.8 Å². The van der Waals surface area contributed by atoms with Gasteiger partial charge in [-0.3, -0.25) is 9.78 Å². The fraction of sp³-hybridized carbons (Fsp3) is 0.133. The number of nitrogens with zero attached hydrogens (tertiary/aromatic N) is 2. The number of fused-ring (bicyclic) bond motifs is 1. The highest BCUT2D eigenvalue weighted by atomic mass is 16.1. The molecule has 3 aromatic carbocycles. The summed E-state index contributed by atoms with van der Waals surface area (Å²) < 4.78 is 1.77. The smallest absolute Gasteiger partial charge is 0.259 e. The van der Waals surface area contributed by atoms with Crippen LogP contribution in [-0.4, -0.2) is 9.55 Å². The van der Waals surface area contributed by atoms with E-state index >= 15 is 0 Å². The molecule has 0 aliphatic heterocycles. The Balaban J connectivity index is 2.01. The molecule has 0 unspecified atom stereocenters. The van der Waals surface area contributed by atoms with Crippen LogP contribution in [0.2, 0.25) is 0 Å². The topological polar surface area (TPSA) is 34.9 Å². The van der Waals surface area contributed by atoms with Gasteiger partial charge in [0.05, 0.1) is 16.8 Å². The van der Waals surface area contributed by atoms with E-state index in [1.165, 1.54) is 5.56 Å². The Morgan fingerprint density at radius 1 is 0.697 bits per heavy atom. The monoisotopic (exact) mass is 430 g/mol. The molecule has 0 fully saturated rings. The minimum absolute atomic E-state index is 0.00294. The number of aromatic nitrogens is 2. The van der Waals surface area contributed by atoms with E-state index in [0.717, 1.165) is 55.5 Å². The van der Waals surface area contributed by atoms with Crippen molar-refractivity contribution in [2.24, 2.45) is 7.05 Å². The molecular weight excluding hydrogens is 404 g/mol. The summed E-state index contributed by atoms with van der Waals surface area (Å²) in [7, 11) is 1.86. The molecule has 33 heavy (non-hydrogen) atoms. The summed E-state index contributed by atoms with van der Waals surface area (Å²) in [6.07, 6.45) is 1.83. The average molecular weight is 431 g/mol. The first-order chi connectivity index (χ1) is 16.0. The standard InChI is InChI=1S/C30H26N2O/c1-19-10-14-22(15-11-19)26-27(23-16-12-20(2)13-17-23)30(33)32(4)25-9-5-8-24(28(25)26)29-21(3)7-6-18-31-29/h5-18H,1-4H3. The molecule has 2 heterocycles. The van der Waals surface area contributed by atoms with Gasteiger partial charge in [-0.2, -0.15) is 0 Å². The largest absolute Gasteiger partial charge is 0.311 e. The molecule has 0 aliphatic carbocycles. The van der Waals surface area contributed by atoms with Crippen molar-refractivity contribution < 1.29 is 0 Å². The zero-order valence-corrected chi connectivity index (χ0v) is 19.4. The minimum Gasteiger partial charge on any atom is -0.311 e. The van der Waals surface area contributed by atoms with Crippen LogP contribution in [0.15, 0.2) is 89.9 Å². The van der Waals surface area contributed by atoms with Gasteiger partial charge in [-0.15, -0.1) is 0 Å². The van der Waals surface area contributed by atoms with Crippen molar-refractivity contribution in [3.8, 4) is 33.5 Å². The maximum absolute atomic E-state index is 13.8. The maximum Gasteiger partial charge on any atom is 0.259 e. The Kier molecular flexibility index (Phi) is 5.18. The van der Waals surface area contributed by atoms with E-state index in [1.54, 1.807) is 4.57 Å². The van der Waals surface area contributed by atoms with Crippen LogP contribution in [-0.2, 0) is 7.05 Å². The molecule has 2 aromatic heterocycles. The molecule has 0 amide bonds. The molecule has 0 N–H and O–H groups in total. The van der Waals surface area contributed by atoms with E-state index in [2.05, 4.69) is 69.3 Å². The van der Waals surface area contributed by atoms with Gasteiger partial charge < -0.3 is 4.57 Å². The molecule has 0 radical (unpaired) electrons. The molecule has 0 atom stereocenters. The number of rotatable bonds is 3. The third kappa shape index (κ3) is 3.56. The van der Waals surface area contributed by atoms with Crippen LogP contribution in [0.3, 0.4) is 0 Å². The van der Waals surface area contributed by atoms with Gasteiger partial charge in [-0.25, -0.2) is 0 Å². The zero-order valence-electron chi connectivity index (χ0n) is 19.4. The highest BCUT2D eigenvalue weighted by Crippen LogP contribution is 2.41. The lowest BCUT2D eigenvalue weighted by molar-refractivity contribution is 0.909. The van der Waals surface area contributed by atoms with Gasteiger partial charge in [0.25, 0.3) is 5.56 Å². The number of hydrogen-bond donors (Lipinski definition) is 0. The lowest BCUT2D eigenvalue weighted by Crippen LogP contribution is -2.20. The molecule has 0 saturated carbocycles. The Morgan fingerprint density at radius 2 is 1.30 bits per heavy atom. The zero-order chi connectivity index (χ0) is 23.1. The van der Waals surface area contributed by atoms with E-state index in [0.29, 0.717) is 0 Å². The van der Waals surface area contributed by atoms with Crippen LogP contribution < -0.4 is 5.56 Å². The van der Waals surface area contributed by atoms with Gasteiger partial charge in [-0.05, 0) is 49.6 Å². The van der Waals surface area contributed by atoms with Gasteiger partial charge in [0.15, 0.2) is 0 Å². The SMILES string of the molecule is Cc1ccc(-c2c(-c3ccc(C)cc3)c3c(-c4ncccc4C)cccc3n(C)c2=O)cc1. The van der Waals surface area contributed by atoms with E-state index in [-0.39, 0.29) is 5.56 Å². The summed E-state index contributed by atoms with van der Waals surface area (Å²) in [5.41, 5.74) is 9.94. The van der Waals surface area contributed by atoms with Gasteiger partial charge >= 0.3 is 0 Å². The first-order valence-electron chi connectivity index (χ1n) is 11.2. The van der Waals surface area contributed by atoms with Crippen LogP contribution in [0.1, 0.15) is 16.7 Å². The quantitative estimate of drug-likeness (QED) is 0.313. The molecule has 0 bridgehead atoms. The van der Waals surface area contributed by atoms with Crippen LogP contribution in [0, 0.1) is 20.8 Å². The molecule has 3 nitrogen and oxygen atoms in total. The first-order valence-corrected chi connectivity index (χ1v) is 11.2. The summed E-state index contributed by atoms with van der Waals surface area (Å²) >= 11 is 0. The molecule has 5 aromatic rings. The Labute approximate surface area is 194 Å². The van der Waals surface area contributed by atoms with Crippen molar-refractivity contribution in [1.82, 2.24) is 9.55 Å². The predicted molar refractivity (Wildman–Crippen MR) is 138 cm³/mol. The minimum atomic E-state index is -0.00294. The predicted octanol–water partition coefficient (Wildman–Crippen LogP) is 6.86. The number of aryl methyl sites for hydroxylation is 4. The van der Waals surface area contributed by atoms with E-state index in [1.807, 2.05) is 43.6 Å². The second kappa shape index (κ2) is 8.18. The van der Waals surface area contributed by atoms with Crippen molar-refractivity contribution in [1.29, 1.82) is 0 Å². The first kappa shape index (κ1) is 20.9.